The molecule has 0 saturated carbocycles. The SMILES string of the molecule is CCC(N)Cc1cnc(N(C)c2ccc(C)cc2)c(C)c1. The highest BCUT2D eigenvalue weighted by atomic mass is 15.2. The molecule has 0 spiro atoms. The number of nitrogens with zero attached hydrogens (tertiary/aromatic N) is 2. The molecule has 1 aromatic carbocycles. The van der Waals surface area contributed by atoms with E-state index in [1.807, 2.05) is 6.20 Å². The summed E-state index contributed by atoms with van der Waals surface area (Å²) in [6.07, 6.45) is 3.82. The lowest BCUT2D eigenvalue weighted by Crippen LogP contribution is -2.21. The number of aryl methyl sites for hydroxylation is 2. The van der Waals surface area contributed by atoms with E-state index in [1.54, 1.807) is 0 Å². The molecule has 0 fully saturated rings. The van der Waals surface area contributed by atoms with Gasteiger partial charge in [0.2, 0.25) is 0 Å². The molecule has 0 aliphatic heterocycles. The molecule has 0 saturated heterocycles. The van der Waals surface area contributed by atoms with E-state index in [4.69, 9.17) is 5.73 Å². The van der Waals surface area contributed by atoms with Crippen LogP contribution in [0.4, 0.5) is 11.5 Å². The van der Waals surface area contributed by atoms with E-state index in [9.17, 15) is 0 Å². The first-order chi connectivity index (χ1) is 10.0. The van der Waals surface area contributed by atoms with Gasteiger partial charge in [-0.1, -0.05) is 30.7 Å². The Morgan fingerprint density at radius 1 is 1.19 bits per heavy atom. The Morgan fingerprint density at radius 2 is 1.86 bits per heavy atom. The van der Waals surface area contributed by atoms with E-state index in [-0.39, 0.29) is 6.04 Å². The third kappa shape index (κ3) is 3.82. The molecule has 2 N–H and O–H groups in total. The summed E-state index contributed by atoms with van der Waals surface area (Å²) in [4.78, 5) is 6.76. The van der Waals surface area contributed by atoms with Crippen LogP contribution in [0.3, 0.4) is 0 Å². The van der Waals surface area contributed by atoms with E-state index < -0.39 is 0 Å². The highest BCUT2D eigenvalue weighted by molar-refractivity contribution is 5.62. The van der Waals surface area contributed by atoms with Gasteiger partial charge in [0.1, 0.15) is 5.82 Å². The number of hydrogen-bond acceptors (Lipinski definition) is 3. The maximum atomic E-state index is 6.02. The summed E-state index contributed by atoms with van der Waals surface area (Å²) in [5.74, 6) is 0.993. The zero-order chi connectivity index (χ0) is 15.4. The molecule has 1 atom stereocenters. The van der Waals surface area contributed by atoms with Crippen molar-refractivity contribution in [3.05, 3.63) is 53.2 Å². The van der Waals surface area contributed by atoms with Crippen LogP contribution in [0.15, 0.2) is 36.5 Å². The van der Waals surface area contributed by atoms with E-state index in [0.717, 1.165) is 24.3 Å². The minimum absolute atomic E-state index is 0.215. The van der Waals surface area contributed by atoms with Gasteiger partial charge >= 0.3 is 0 Å². The Bertz CT molecular complexity index is 590. The van der Waals surface area contributed by atoms with Crippen LogP contribution in [0.1, 0.15) is 30.0 Å². The van der Waals surface area contributed by atoms with Gasteiger partial charge in [-0.2, -0.15) is 0 Å². The van der Waals surface area contributed by atoms with Crippen molar-refractivity contribution in [1.82, 2.24) is 4.98 Å². The van der Waals surface area contributed by atoms with Crippen molar-refractivity contribution in [2.75, 3.05) is 11.9 Å². The molecule has 0 amide bonds. The van der Waals surface area contributed by atoms with Gasteiger partial charge in [-0.15, -0.1) is 0 Å². The second-order valence-electron chi connectivity index (χ2n) is 5.75. The number of aromatic nitrogens is 1. The van der Waals surface area contributed by atoms with Crippen LogP contribution in [0, 0.1) is 13.8 Å². The lowest BCUT2D eigenvalue weighted by molar-refractivity contribution is 0.645. The number of pyridine rings is 1. The van der Waals surface area contributed by atoms with Gasteiger partial charge in [0, 0.05) is 25.0 Å². The first kappa shape index (κ1) is 15.5. The summed E-state index contributed by atoms with van der Waals surface area (Å²) in [7, 11) is 2.05. The number of rotatable bonds is 5. The smallest absolute Gasteiger partial charge is 0.135 e. The van der Waals surface area contributed by atoms with Crippen molar-refractivity contribution in [3.8, 4) is 0 Å². The molecule has 0 radical (unpaired) electrons. The first-order valence-corrected chi connectivity index (χ1v) is 7.52. The molecule has 3 nitrogen and oxygen atoms in total. The van der Waals surface area contributed by atoms with Crippen molar-refractivity contribution in [2.45, 2.75) is 39.7 Å². The predicted molar refractivity (Wildman–Crippen MR) is 90.2 cm³/mol. The monoisotopic (exact) mass is 283 g/mol. The van der Waals surface area contributed by atoms with Crippen molar-refractivity contribution in [1.29, 1.82) is 0 Å². The van der Waals surface area contributed by atoms with Gasteiger partial charge in [-0.3, -0.25) is 0 Å². The first-order valence-electron chi connectivity index (χ1n) is 7.52. The maximum absolute atomic E-state index is 6.02. The summed E-state index contributed by atoms with van der Waals surface area (Å²) in [5.41, 5.74) is 10.8. The average Bonchev–Trinajstić information content (AvgIpc) is 2.47. The zero-order valence-corrected chi connectivity index (χ0v) is 13.4. The average molecular weight is 283 g/mol. The highest BCUT2D eigenvalue weighted by Gasteiger charge is 2.10. The van der Waals surface area contributed by atoms with Crippen LogP contribution in [-0.4, -0.2) is 18.1 Å². The fourth-order valence-corrected chi connectivity index (χ4v) is 2.43. The molecule has 0 bridgehead atoms. The Balaban J connectivity index is 2.22. The third-order valence-corrected chi connectivity index (χ3v) is 3.87. The zero-order valence-electron chi connectivity index (χ0n) is 13.4. The summed E-state index contributed by atoms with van der Waals surface area (Å²) in [6, 6.07) is 10.9. The quantitative estimate of drug-likeness (QED) is 0.908. The van der Waals surface area contributed by atoms with Crippen LogP contribution in [0.2, 0.25) is 0 Å². The molecular weight excluding hydrogens is 258 g/mol. The molecule has 1 aromatic heterocycles. The number of benzene rings is 1. The molecule has 1 unspecified atom stereocenters. The molecule has 2 rings (SSSR count). The largest absolute Gasteiger partial charge is 0.329 e. The molecular formula is C18H25N3. The summed E-state index contributed by atoms with van der Waals surface area (Å²) < 4.78 is 0. The van der Waals surface area contributed by atoms with E-state index in [2.05, 4.69) is 68.0 Å². The lowest BCUT2D eigenvalue weighted by atomic mass is 10.0. The van der Waals surface area contributed by atoms with Gasteiger partial charge < -0.3 is 10.6 Å². The van der Waals surface area contributed by atoms with Crippen molar-refractivity contribution >= 4 is 11.5 Å². The van der Waals surface area contributed by atoms with E-state index >= 15 is 0 Å². The van der Waals surface area contributed by atoms with Gasteiger partial charge in [0.25, 0.3) is 0 Å². The highest BCUT2D eigenvalue weighted by Crippen LogP contribution is 2.25. The van der Waals surface area contributed by atoms with Crippen LogP contribution >= 0.6 is 0 Å². The maximum Gasteiger partial charge on any atom is 0.135 e. The Hall–Kier alpha value is -1.87. The summed E-state index contributed by atoms with van der Waals surface area (Å²) in [6.45, 7) is 6.32. The molecule has 21 heavy (non-hydrogen) atoms. The minimum Gasteiger partial charge on any atom is -0.329 e. The second-order valence-corrected chi connectivity index (χ2v) is 5.75. The normalized spacial score (nSPS) is 12.2. The number of nitrogens with two attached hydrogens (primary N) is 1. The van der Waals surface area contributed by atoms with Gasteiger partial charge in [0.15, 0.2) is 0 Å². The predicted octanol–water partition coefficient (Wildman–Crippen LogP) is 3.75. The molecule has 0 aliphatic carbocycles. The summed E-state index contributed by atoms with van der Waals surface area (Å²) in [5, 5.41) is 0. The Morgan fingerprint density at radius 3 is 2.43 bits per heavy atom. The third-order valence-electron chi connectivity index (χ3n) is 3.87. The Labute approximate surface area is 127 Å². The van der Waals surface area contributed by atoms with Gasteiger partial charge in [0.05, 0.1) is 0 Å². The van der Waals surface area contributed by atoms with Crippen molar-refractivity contribution in [2.24, 2.45) is 5.73 Å². The van der Waals surface area contributed by atoms with Crippen LogP contribution in [-0.2, 0) is 6.42 Å². The fraction of sp³-hybridized carbons (Fsp3) is 0.389. The standard InChI is InChI=1S/C18H25N3/c1-5-16(19)11-15-10-14(3)18(20-12-15)21(4)17-8-6-13(2)7-9-17/h6-10,12,16H,5,11,19H2,1-4H3. The molecule has 112 valence electrons. The topological polar surface area (TPSA) is 42.1 Å². The van der Waals surface area contributed by atoms with E-state index in [0.29, 0.717) is 0 Å². The van der Waals surface area contributed by atoms with Gasteiger partial charge in [-0.25, -0.2) is 4.98 Å². The van der Waals surface area contributed by atoms with Crippen molar-refractivity contribution < 1.29 is 0 Å². The van der Waals surface area contributed by atoms with Crippen LogP contribution < -0.4 is 10.6 Å². The van der Waals surface area contributed by atoms with E-state index in [1.165, 1.54) is 16.7 Å². The lowest BCUT2D eigenvalue weighted by Gasteiger charge is -2.21. The van der Waals surface area contributed by atoms with Crippen LogP contribution in [0.25, 0.3) is 0 Å². The minimum atomic E-state index is 0.215. The molecule has 2 aromatic rings. The van der Waals surface area contributed by atoms with Crippen LogP contribution in [0.5, 0.6) is 0 Å². The molecule has 0 aliphatic rings. The summed E-state index contributed by atoms with van der Waals surface area (Å²) >= 11 is 0. The number of hydrogen-bond donors (Lipinski definition) is 1. The second kappa shape index (κ2) is 6.72. The fourth-order valence-electron chi connectivity index (χ4n) is 2.43. The Kier molecular flexibility index (Phi) is 4.97. The van der Waals surface area contributed by atoms with Crippen molar-refractivity contribution in [3.63, 3.8) is 0 Å². The van der Waals surface area contributed by atoms with Gasteiger partial charge in [-0.05, 0) is 49.9 Å². The molecule has 3 heteroatoms. The molecule has 1 heterocycles. The number of anilines is 2.